The zero-order valence-corrected chi connectivity index (χ0v) is 9.70. The van der Waals surface area contributed by atoms with Crippen LogP contribution in [0.5, 0.6) is 0 Å². The Kier molecular flexibility index (Phi) is 5.79. The Balaban J connectivity index is 2.69. The molecule has 0 N–H and O–H groups in total. The highest BCUT2D eigenvalue weighted by atomic mass is 16.5. The van der Waals surface area contributed by atoms with Gasteiger partial charge in [0.15, 0.2) is 0 Å². The van der Waals surface area contributed by atoms with Gasteiger partial charge in [0.05, 0.1) is 6.61 Å². The molecule has 0 fully saturated rings. The van der Waals surface area contributed by atoms with E-state index >= 15 is 0 Å². The Morgan fingerprint density at radius 3 is 2.60 bits per heavy atom. The highest BCUT2D eigenvalue weighted by Gasteiger charge is 1.99. The summed E-state index contributed by atoms with van der Waals surface area (Å²) >= 11 is 0. The van der Waals surface area contributed by atoms with Crippen molar-refractivity contribution in [2.45, 2.75) is 26.2 Å². The van der Waals surface area contributed by atoms with Crippen LogP contribution in [0.1, 0.15) is 31.7 Å². The molecule has 0 heterocycles. The van der Waals surface area contributed by atoms with Crippen LogP contribution >= 0.6 is 0 Å². The molecule has 0 aliphatic carbocycles. The number of ether oxygens (including phenoxy) is 1. The Bertz CT molecular complexity index is 287. The largest absolute Gasteiger partial charge is 0.380 e. The molecule has 0 unspecified atom stereocenters. The minimum Gasteiger partial charge on any atom is -0.380 e. The van der Waals surface area contributed by atoms with Gasteiger partial charge in [0.2, 0.25) is 0 Å². The molecule has 0 aromatic heterocycles. The maximum Gasteiger partial charge on any atom is 0.0715 e. The number of methoxy groups -OCH3 is 1. The van der Waals surface area contributed by atoms with Gasteiger partial charge in [-0.25, -0.2) is 0 Å². The lowest BCUT2D eigenvalue weighted by Gasteiger charge is -2.06. The molecule has 1 aromatic rings. The first kappa shape index (κ1) is 12.0. The van der Waals surface area contributed by atoms with Crippen molar-refractivity contribution in [1.82, 2.24) is 0 Å². The fourth-order valence-corrected chi connectivity index (χ4v) is 1.55. The van der Waals surface area contributed by atoms with Gasteiger partial charge in [0.25, 0.3) is 0 Å². The van der Waals surface area contributed by atoms with Gasteiger partial charge < -0.3 is 4.74 Å². The molecule has 0 bridgehead atoms. The molecule has 1 heteroatoms. The molecule has 0 amide bonds. The molecule has 1 nitrogen and oxygen atoms in total. The van der Waals surface area contributed by atoms with E-state index in [-0.39, 0.29) is 0 Å². The Hall–Kier alpha value is -1.08. The van der Waals surface area contributed by atoms with Crippen LogP contribution in [-0.4, -0.2) is 13.7 Å². The first-order valence-corrected chi connectivity index (χ1v) is 5.62. The molecule has 0 aliphatic heterocycles. The summed E-state index contributed by atoms with van der Waals surface area (Å²) < 4.78 is 5.22. The third kappa shape index (κ3) is 4.30. The first-order valence-electron chi connectivity index (χ1n) is 5.62. The van der Waals surface area contributed by atoms with Gasteiger partial charge in [0, 0.05) is 7.11 Å². The molecule has 1 rings (SSSR count). The smallest absolute Gasteiger partial charge is 0.0715 e. The monoisotopic (exact) mass is 204 g/mol. The molecule has 0 saturated carbocycles. The standard InChI is InChI=1S/C14H20O/c1-3-4-6-11-14(12-15-2)13-9-7-5-8-10-13/h5,7-11H,3-4,6,12H2,1-2H3/b14-11-. The fraction of sp³-hybridized carbons (Fsp3) is 0.429. The van der Waals surface area contributed by atoms with Crippen molar-refractivity contribution in [3.8, 4) is 0 Å². The minimum absolute atomic E-state index is 0.702. The van der Waals surface area contributed by atoms with Crippen LogP contribution < -0.4 is 0 Å². The van der Waals surface area contributed by atoms with Crippen LogP contribution in [0.15, 0.2) is 36.4 Å². The van der Waals surface area contributed by atoms with Crippen LogP contribution in [0.2, 0.25) is 0 Å². The van der Waals surface area contributed by atoms with Crippen LogP contribution in [0.3, 0.4) is 0 Å². The van der Waals surface area contributed by atoms with E-state index in [9.17, 15) is 0 Å². The molecule has 0 aliphatic rings. The van der Waals surface area contributed by atoms with Gasteiger partial charge in [-0.1, -0.05) is 56.2 Å². The van der Waals surface area contributed by atoms with E-state index in [1.165, 1.54) is 24.0 Å². The van der Waals surface area contributed by atoms with Crippen molar-refractivity contribution in [3.63, 3.8) is 0 Å². The molecule has 0 radical (unpaired) electrons. The zero-order chi connectivity index (χ0) is 10.9. The van der Waals surface area contributed by atoms with Crippen molar-refractivity contribution in [1.29, 1.82) is 0 Å². The lowest BCUT2D eigenvalue weighted by atomic mass is 10.0. The molecule has 82 valence electrons. The SMILES string of the molecule is CCCC/C=C(/COC)c1ccccc1. The summed E-state index contributed by atoms with van der Waals surface area (Å²) in [4.78, 5) is 0. The van der Waals surface area contributed by atoms with Gasteiger partial charge in [-0.3, -0.25) is 0 Å². The summed E-state index contributed by atoms with van der Waals surface area (Å²) in [6.07, 6.45) is 5.93. The fourth-order valence-electron chi connectivity index (χ4n) is 1.55. The van der Waals surface area contributed by atoms with Gasteiger partial charge >= 0.3 is 0 Å². The third-order valence-corrected chi connectivity index (χ3v) is 2.39. The van der Waals surface area contributed by atoms with Crippen LogP contribution in [-0.2, 0) is 4.74 Å². The van der Waals surface area contributed by atoms with E-state index in [4.69, 9.17) is 4.74 Å². The quantitative estimate of drug-likeness (QED) is 0.638. The Morgan fingerprint density at radius 1 is 1.27 bits per heavy atom. The number of rotatable bonds is 6. The zero-order valence-electron chi connectivity index (χ0n) is 9.70. The number of hydrogen-bond donors (Lipinski definition) is 0. The molecule has 0 atom stereocenters. The summed E-state index contributed by atoms with van der Waals surface area (Å²) in [5, 5.41) is 0. The van der Waals surface area contributed by atoms with E-state index in [2.05, 4.69) is 37.3 Å². The van der Waals surface area contributed by atoms with Crippen molar-refractivity contribution < 1.29 is 4.74 Å². The number of unbranched alkanes of at least 4 members (excludes halogenated alkanes) is 2. The van der Waals surface area contributed by atoms with E-state index in [0.29, 0.717) is 6.61 Å². The maximum atomic E-state index is 5.22. The second-order valence-electron chi connectivity index (χ2n) is 3.67. The summed E-state index contributed by atoms with van der Waals surface area (Å²) in [6, 6.07) is 10.4. The molecule has 0 saturated heterocycles. The van der Waals surface area contributed by atoms with Gasteiger partial charge in [-0.2, -0.15) is 0 Å². The molecule has 1 aromatic carbocycles. The van der Waals surface area contributed by atoms with E-state index in [0.717, 1.165) is 6.42 Å². The van der Waals surface area contributed by atoms with E-state index < -0.39 is 0 Å². The highest BCUT2D eigenvalue weighted by molar-refractivity contribution is 5.66. The maximum absolute atomic E-state index is 5.22. The predicted octanol–water partition coefficient (Wildman–Crippen LogP) is 3.91. The second kappa shape index (κ2) is 7.24. The number of benzene rings is 1. The van der Waals surface area contributed by atoms with Crippen molar-refractivity contribution in [3.05, 3.63) is 42.0 Å². The summed E-state index contributed by atoms with van der Waals surface area (Å²) in [5.74, 6) is 0. The molecular weight excluding hydrogens is 184 g/mol. The van der Waals surface area contributed by atoms with Crippen LogP contribution in [0, 0.1) is 0 Å². The van der Waals surface area contributed by atoms with Crippen LogP contribution in [0.25, 0.3) is 5.57 Å². The topological polar surface area (TPSA) is 9.23 Å². The first-order chi connectivity index (χ1) is 7.38. The van der Waals surface area contributed by atoms with Gasteiger partial charge in [-0.15, -0.1) is 0 Å². The van der Waals surface area contributed by atoms with E-state index in [1.807, 2.05) is 6.07 Å². The summed E-state index contributed by atoms with van der Waals surface area (Å²) in [5.41, 5.74) is 2.57. The van der Waals surface area contributed by atoms with Gasteiger partial charge in [0.1, 0.15) is 0 Å². The van der Waals surface area contributed by atoms with Crippen molar-refractivity contribution >= 4 is 5.57 Å². The van der Waals surface area contributed by atoms with Crippen LogP contribution in [0.4, 0.5) is 0 Å². The Labute approximate surface area is 92.8 Å². The lowest BCUT2D eigenvalue weighted by Crippen LogP contribution is -1.94. The normalized spacial score (nSPS) is 11.7. The average Bonchev–Trinajstić information content (AvgIpc) is 2.29. The second-order valence-corrected chi connectivity index (χ2v) is 3.67. The minimum atomic E-state index is 0.702. The molecular formula is C14H20O. The Morgan fingerprint density at radius 2 is 2.00 bits per heavy atom. The average molecular weight is 204 g/mol. The molecule has 0 spiro atoms. The van der Waals surface area contributed by atoms with E-state index in [1.54, 1.807) is 7.11 Å². The lowest BCUT2D eigenvalue weighted by molar-refractivity contribution is 0.239. The number of allylic oxidation sites excluding steroid dienone is 1. The highest BCUT2D eigenvalue weighted by Crippen LogP contribution is 2.15. The third-order valence-electron chi connectivity index (χ3n) is 2.39. The predicted molar refractivity (Wildman–Crippen MR) is 65.8 cm³/mol. The number of hydrogen-bond acceptors (Lipinski definition) is 1. The summed E-state index contributed by atoms with van der Waals surface area (Å²) in [6.45, 7) is 2.92. The van der Waals surface area contributed by atoms with Gasteiger partial charge in [-0.05, 0) is 17.6 Å². The van der Waals surface area contributed by atoms with Crippen molar-refractivity contribution in [2.24, 2.45) is 0 Å². The van der Waals surface area contributed by atoms with Crippen molar-refractivity contribution in [2.75, 3.05) is 13.7 Å². The summed E-state index contributed by atoms with van der Waals surface area (Å²) in [7, 11) is 1.75. The molecule has 15 heavy (non-hydrogen) atoms.